The molecule has 0 atom stereocenters. The minimum absolute atomic E-state index is 0.00801. The molecule has 8 heteroatoms. The van der Waals surface area contributed by atoms with Crippen molar-refractivity contribution in [3.8, 4) is 0 Å². The van der Waals surface area contributed by atoms with Crippen LogP contribution in [0.3, 0.4) is 0 Å². The van der Waals surface area contributed by atoms with E-state index in [4.69, 9.17) is 5.11 Å². The number of aliphatic carboxylic acids is 1. The lowest BCUT2D eigenvalue weighted by Crippen LogP contribution is -2.41. The highest BCUT2D eigenvalue weighted by Crippen LogP contribution is 2.24. The molecule has 1 aromatic rings. The summed E-state index contributed by atoms with van der Waals surface area (Å²) < 4.78 is 0. The second-order valence-corrected chi connectivity index (χ2v) is 8.20. The molecule has 0 unspecified atom stereocenters. The van der Waals surface area contributed by atoms with Gasteiger partial charge in [-0.2, -0.15) is 11.8 Å². The summed E-state index contributed by atoms with van der Waals surface area (Å²) in [6.45, 7) is 1.50. The molecule has 146 valence electrons. The van der Waals surface area contributed by atoms with Gasteiger partial charge < -0.3 is 20.6 Å². The summed E-state index contributed by atoms with van der Waals surface area (Å²) in [6, 6.07) is 6.64. The third kappa shape index (κ3) is 5.38. The Hall–Kier alpha value is -2.22. The molecule has 1 saturated carbocycles. The van der Waals surface area contributed by atoms with E-state index in [2.05, 4.69) is 10.6 Å². The van der Waals surface area contributed by atoms with Gasteiger partial charge in [-0.1, -0.05) is 6.07 Å². The van der Waals surface area contributed by atoms with Crippen LogP contribution in [-0.2, 0) is 4.79 Å². The molecule has 1 aromatic carbocycles. The highest BCUT2D eigenvalue weighted by molar-refractivity contribution is 7.99. The van der Waals surface area contributed by atoms with Crippen molar-refractivity contribution in [1.82, 2.24) is 10.2 Å². The number of nitrogens with zero attached hydrogens (tertiary/aromatic N) is 1. The zero-order valence-corrected chi connectivity index (χ0v) is 16.0. The molecule has 0 bridgehead atoms. The Labute approximate surface area is 162 Å². The average Bonchev–Trinajstić information content (AvgIpc) is 2.68. The maximum Gasteiger partial charge on any atom is 0.319 e. The van der Waals surface area contributed by atoms with Crippen LogP contribution in [0.2, 0.25) is 0 Å². The van der Waals surface area contributed by atoms with Gasteiger partial charge in [-0.05, 0) is 43.9 Å². The Morgan fingerprint density at radius 1 is 1.07 bits per heavy atom. The predicted octanol–water partition coefficient (Wildman–Crippen LogP) is 2.64. The normalized spacial score (nSPS) is 22.7. The van der Waals surface area contributed by atoms with Crippen molar-refractivity contribution in [2.75, 3.05) is 29.9 Å². The molecule has 0 aromatic heterocycles. The highest BCUT2D eigenvalue weighted by atomic mass is 32.2. The number of anilines is 1. The summed E-state index contributed by atoms with van der Waals surface area (Å²) in [4.78, 5) is 37.7. The van der Waals surface area contributed by atoms with Gasteiger partial charge in [-0.25, -0.2) is 4.79 Å². The summed E-state index contributed by atoms with van der Waals surface area (Å²) in [6.07, 6.45) is 2.49. The van der Waals surface area contributed by atoms with Crippen molar-refractivity contribution >= 4 is 35.4 Å². The molecule has 1 aliphatic heterocycles. The Balaban J connectivity index is 1.52. The summed E-state index contributed by atoms with van der Waals surface area (Å²) in [7, 11) is 0. The van der Waals surface area contributed by atoms with Crippen molar-refractivity contribution in [1.29, 1.82) is 0 Å². The molecule has 2 fully saturated rings. The van der Waals surface area contributed by atoms with Crippen LogP contribution in [0.15, 0.2) is 24.3 Å². The van der Waals surface area contributed by atoms with Crippen molar-refractivity contribution < 1.29 is 19.5 Å². The van der Waals surface area contributed by atoms with Gasteiger partial charge in [0.05, 0.1) is 5.92 Å². The number of hydrogen-bond donors (Lipinski definition) is 3. The number of rotatable bonds is 4. The summed E-state index contributed by atoms with van der Waals surface area (Å²) in [5.41, 5.74) is 1.14. The minimum atomic E-state index is -0.758. The topological polar surface area (TPSA) is 98.7 Å². The second kappa shape index (κ2) is 9.12. The molecule has 0 radical (unpaired) electrons. The quantitative estimate of drug-likeness (QED) is 0.733. The zero-order valence-electron chi connectivity index (χ0n) is 15.1. The van der Waals surface area contributed by atoms with Gasteiger partial charge in [0.2, 0.25) is 0 Å². The number of carboxylic acid groups (broad SMARTS) is 1. The first-order chi connectivity index (χ1) is 13.0. The molecular weight excluding hydrogens is 366 g/mol. The monoisotopic (exact) mass is 391 g/mol. The van der Waals surface area contributed by atoms with E-state index in [1.54, 1.807) is 24.3 Å². The van der Waals surface area contributed by atoms with E-state index in [1.165, 1.54) is 0 Å². The van der Waals surface area contributed by atoms with Crippen LogP contribution in [-0.4, -0.2) is 58.6 Å². The van der Waals surface area contributed by atoms with Gasteiger partial charge in [-0.15, -0.1) is 0 Å². The molecule has 1 aliphatic carbocycles. The third-order valence-corrected chi connectivity index (χ3v) is 6.02. The summed E-state index contributed by atoms with van der Waals surface area (Å²) in [5.74, 6) is 0.840. The van der Waals surface area contributed by atoms with Gasteiger partial charge in [0.25, 0.3) is 5.91 Å². The van der Waals surface area contributed by atoms with Gasteiger partial charge in [-0.3, -0.25) is 9.59 Å². The first-order valence-electron chi connectivity index (χ1n) is 9.30. The fourth-order valence-corrected chi connectivity index (χ4v) is 4.42. The van der Waals surface area contributed by atoms with Crippen LogP contribution in [0.5, 0.6) is 0 Å². The van der Waals surface area contributed by atoms with Gasteiger partial charge in [0, 0.05) is 41.9 Å². The van der Waals surface area contributed by atoms with E-state index in [1.807, 2.05) is 16.7 Å². The van der Waals surface area contributed by atoms with Crippen molar-refractivity contribution in [2.45, 2.75) is 31.7 Å². The fraction of sp³-hybridized carbons (Fsp3) is 0.526. The van der Waals surface area contributed by atoms with Gasteiger partial charge in [0.1, 0.15) is 0 Å². The molecule has 1 heterocycles. The lowest BCUT2D eigenvalue weighted by molar-refractivity contribution is -0.142. The number of urea groups is 1. The maximum absolute atomic E-state index is 12.6. The molecule has 1 saturated heterocycles. The van der Waals surface area contributed by atoms with Crippen LogP contribution in [0, 0.1) is 5.92 Å². The number of nitrogens with one attached hydrogen (secondary N) is 2. The molecule has 2 aliphatic rings. The third-order valence-electron chi connectivity index (χ3n) is 5.08. The number of thioether (sulfide) groups is 1. The van der Waals surface area contributed by atoms with E-state index in [-0.39, 0.29) is 23.9 Å². The van der Waals surface area contributed by atoms with Crippen LogP contribution >= 0.6 is 11.8 Å². The SMILES string of the molecule is O=C(Nc1cccc(C(=O)N2CCSCC2)c1)NC1CCC(C(=O)O)CC1. The van der Waals surface area contributed by atoms with Crippen LogP contribution in [0.1, 0.15) is 36.0 Å². The molecule has 27 heavy (non-hydrogen) atoms. The van der Waals surface area contributed by atoms with Crippen molar-refractivity contribution in [3.05, 3.63) is 29.8 Å². The lowest BCUT2D eigenvalue weighted by atomic mass is 9.86. The van der Waals surface area contributed by atoms with E-state index in [0.29, 0.717) is 36.9 Å². The molecule has 3 N–H and O–H groups in total. The number of amides is 3. The average molecular weight is 391 g/mol. The predicted molar refractivity (Wildman–Crippen MR) is 105 cm³/mol. The van der Waals surface area contributed by atoms with E-state index < -0.39 is 5.97 Å². The minimum Gasteiger partial charge on any atom is -0.481 e. The van der Waals surface area contributed by atoms with Crippen LogP contribution in [0.4, 0.5) is 10.5 Å². The van der Waals surface area contributed by atoms with Crippen LogP contribution < -0.4 is 10.6 Å². The molecule has 0 spiro atoms. The zero-order chi connectivity index (χ0) is 19.2. The Bertz CT molecular complexity index is 698. The largest absolute Gasteiger partial charge is 0.481 e. The van der Waals surface area contributed by atoms with E-state index in [9.17, 15) is 14.4 Å². The smallest absolute Gasteiger partial charge is 0.319 e. The summed E-state index contributed by atoms with van der Waals surface area (Å²) >= 11 is 1.85. The number of carbonyl (C=O) groups is 3. The lowest BCUT2D eigenvalue weighted by Gasteiger charge is -2.27. The van der Waals surface area contributed by atoms with Crippen molar-refractivity contribution in [3.63, 3.8) is 0 Å². The number of benzene rings is 1. The highest BCUT2D eigenvalue weighted by Gasteiger charge is 2.26. The second-order valence-electron chi connectivity index (χ2n) is 6.97. The Morgan fingerprint density at radius 3 is 2.44 bits per heavy atom. The Kier molecular flexibility index (Phi) is 6.60. The first kappa shape index (κ1) is 19.5. The molecule has 3 amide bonds. The molecule has 7 nitrogen and oxygen atoms in total. The number of carbonyl (C=O) groups excluding carboxylic acids is 2. The van der Waals surface area contributed by atoms with E-state index in [0.717, 1.165) is 24.6 Å². The molecular formula is C19H25N3O4S. The summed E-state index contributed by atoms with van der Waals surface area (Å²) in [5, 5.41) is 14.7. The Morgan fingerprint density at radius 2 is 1.78 bits per heavy atom. The number of carboxylic acids is 1. The fourth-order valence-electron chi connectivity index (χ4n) is 3.52. The van der Waals surface area contributed by atoms with Gasteiger partial charge in [0.15, 0.2) is 0 Å². The first-order valence-corrected chi connectivity index (χ1v) is 10.5. The van der Waals surface area contributed by atoms with Crippen molar-refractivity contribution in [2.24, 2.45) is 5.92 Å². The number of hydrogen-bond acceptors (Lipinski definition) is 4. The van der Waals surface area contributed by atoms with Gasteiger partial charge >= 0.3 is 12.0 Å². The molecule has 3 rings (SSSR count). The van der Waals surface area contributed by atoms with E-state index >= 15 is 0 Å². The maximum atomic E-state index is 12.6. The van der Waals surface area contributed by atoms with Crippen LogP contribution in [0.25, 0.3) is 0 Å². The standard InChI is InChI=1S/C19H25N3O4S/c23-17(22-8-10-27-11-9-22)14-2-1-3-16(12-14)21-19(26)20-15-6-4-13(5-7-15)18(24)25/h1-3,12-13,15H,4-11H2,(H,24,25)(H2,20,21,26).